The molecule has 2 atom stereocenters. The molecule has 0 spiro atoms. The minimum atomic E-state index is -3.80. The van der Waals surface area contributed by atoms with Crippen LogP contribution in [0.4, 0.5) is 11.4 Å². The van der Waals surface area contributed by atoms with E-state index >= 15 is 0 Å². The highest BCUT2D eigenvalue weighted by Gasteiger charge is 2.36. The van der Waals surface area contributed by atoms with Crippen molar-refractivity contribution in [1.82, 2.24) is 0 Å². The van der Waals surface area contributed by atoms with Crippen LogP contribution in [0.2, 0.25) is 5.02 Å². The first-order chi connectivity index (χ1) is 17.2. The number of hydrogen-bond acceptors (Lipinski definition) is 6. The molecule has 0 amide bonds. The summed E-state index contributed by atoms with van der Waals surface area (Å²) >= 11 is 6.31. The van der Waals surface area contributed by atoms with E-state index in [1.54, 1.807) is 42.5 Å². The predicted octanol–water partition coefficient (Wildman–Crippen LogP) is 5.73. The summed E-state index contributed by atoms with van der Waals surface area (Å²) in [5.41, 5.74) is 4.95. The molecule has 0 aliphatic carbocycles. The fourth-order valence-electron chi connectivity index (χ4n) is 4.30. The van der Waals surface area contributed by atoms with Crippen LogP contribution in [-0.2, 0) is 19.5 Å². The van der Waals surface area contributed by atoms with Crippen LogP contribution < -0.4 is 10.0 Å². The molecule has 36 heavy (non-hydrogen) atoms. The van der Waals surface area contributed by atoms with Crippen LogP contribution >= 0.6 is 11.6 Å². The molecule has 2 heterocycles. The summed E-state index contributed by atoms with van der Waals surface area (Å²) in [5, 5.41) is 3.54. The van der Waals surface area contributed by atoms with Gasteiger partial charge in [-0.15, -0.1) is 0 Å². The summed E-state index contributed by atoms with van der Waals surface area (Å²) in [5.74, 6) is 0.0764. The van der Waals surface area contributed by atoms with Crippen LogP contribution in [0, 0.1) is 19.8 Å². The number of hydrogen-bond donors (Lipinski definition) is 2. The normalized spacial score (nSPS) is 18.1. The van der Waals surface area contributed by atoms with Gasteiger partial charge in [-0.25, -0.2) is 13.2 Å². The smallest absolute Gasteiger partial charge is 0.337 e. The van der Waals surface area contributed by atoms with E-state index in [4.69, 9.17) is 16.3 Å². The van der Waals surface area contributed by atoms with Crippen molar-refractivity contribution in [2.75, 3.05) is 30.3 Å². The molecule has 2 unspecified atom stereocenters. The molecule has 3 aromatic rings. The van der Waals surface area contributed by atoms with Crippen LogP contribution in [0.25, 0.3) is 0 Å². The second-order valence-corrected chi connectivity index (χ2v) is 10.9. The predicted molar refractivity (Wildman–Crippen MR) is 141 cm³/mol. The first-order valence-corrected chi connectivity index (χ1v) is 13.5. The minimum Gasteiger partial charge on any atom is -0.465 e. The maximum Gasteiger partial charge on any atom is 0.337 e. The number of methoxy groups -OCH3 is 1. The molecule has 190 valence electrons. The van der Waals surface area contributed by atoms with E-state index in [0.717, 1.165) is 35.3 Å². The molecular formula is C27H29ClN2O5S. The van der Waals surface area contributed by atoms with E-state index in [-0.39, 0.29) is 22.0 Å². The van der Waals surface area contributed by atoms with E-state index in [9.17, 15) is 13.2 Å². The average Bonchev–Trinajstić information content (AvgIpc) is 3.35. The van der Waals surface area contributed by atoms with Gasteiger partial charge >= 0.3 is 5.97 Å². The first kappa shape index (κ1) is 26.0. The van der Waals surface area contributed by atoms with Crippen molar-refractivity contribution in [3.63, 3.8) is 0 Å². The molecule has 1 fully saturated rings. The largest absolute Gasteiger partial charge is 0.465 e. The van der Waals surface area contributed by atoms with Crippen LogP contribution in [0.3, 0.4) is 0 Å². The number of anilines is 2. The van der Waals surface area contributed by atoms with E-state index in [2.05, 4.69) is 14.8 Å². The average molecular weight is 529 g/mol. The zero-order chi connectivity index (χ0) is 25.9. The summed E-state index contributed by atoms with van der Waals surface area (Å²) in [4.78, 5) is 10.9. The lowest BCUT2D eigenvalue weighted by molar-refractivity contribution is 0.0600. The van der Waals surface area contributed by atoms with Crippen molar-refractivity contribution in [3.05, 3.63) is 87.9 Å². The molecule has 0 saturated carbocycles. The van der Waals surface area contributed by atoms with Crippen molar-refractivity contribution in [2.45, 2.75) is 31.3 Å². The van der Waals surface area contributed by atoms with Crippen molar-refractivity contribution >= 4 is 39.0 Å². The number of benzene rings is 3. The summed E-state index contributed by atoms with van der Waals surface area (Å²) in [6, 6.07) is 17.7. The first-order valence-electron chi connectivity index (χ1n) is 11.6. The standard InChI is InChI=1S/C19H21ClN2O3S.C8H8O2/c1-11-3-4-14(7-12(11)2)22-26(23,24)18-8-15-17(9-16(18)20)21-10-13-5-6-25-19(13)15;1-10-8(9)7-5-3-2-4-6-7/h3-4,7-9,13,19,21-22H,5-6,10H2,1-2H3;2-6H,1H3. The van der Waals surface area contributed by atoms with E-state index in [1.165, 1.54) is 7.11 Å². The SMILES string of the molecule is COC(=O)c1ccccc1.Cc1ccc(NS(=O)(=O)c2cc3c(cc2Cl)NCC2CCOC32)cc1C. The number of sulfonamides is 1. The topological polar surface area (TPSA) is 93.7 Å². The fraction of sp³-hybridized carbons (Fsp3) is 0.296. The van der Waals surface area contributed by atoms with Crippen molar-refractivity contribution in [2.24, 2.45) is 5.92 Å². The third-order valence-electron chi connectivity index (χ3n) is 6.42. The Bertz CT molecular complexity index is 1360. The molecular weight excluding hydrogens is 500 g/mol. The summed E-state index contributed by atoms with van der Waals surface area (Å²) in [7, 11) is -2.43. The van der Waals surface area contributed by atoms with Gasteiger partial charge in [-0.3, -0.25) is 4.72 Å². The molecule has 2 aliphatic rings. The number of carbonyl (C=O) groups is 1. The number of nitrogens with one attached hydrogen (secondary N) is 2. The second-order valence-electron chi connectivity index (χ2n) is 8.85. The Balaban J connectivity index is 0.000000256. The Labute approximate surface area is 216 Å². The second kappa shape index (κ2) is 10.9. The van der Waals surface area contributed by atoms with Gasteiger partial charge in [0, 0.05) is 36.0 Å². The lowest BCUT2D eigenvalue weighted by Crippen LogP contribution is -2.25. The van der Waals surface area contributed by atoms with E-state index in [1.807, 2.05) is 32.0 Å². The molecule has 2 aliphatic heterocycles. The Hall–Kier alpha value is -3.07. The Kier molecular flexibility index (Phi) is 7.88. The number of halogens is 1. The van der Waals surface area contributed by atoms with Gasteiger partial charge in [-0.1, -0.05) is 35.9 Å². The third kappa shape index (κ3) is 5.67. The Morgan fingerprint density at radius 2 is 1.83 bits per heavy atom. The summed E-state index contributed by atoms with van der Waals surface area (Å²) < 4.78 is 38.9. The summed E-state index contributed by atoms with van der Waals surface area (Å²) in [6.07, 6.45) is 0.905. The molecule has 3 aromatic carbocycles. The van der Waals surface area contributed by atoms with Crippen LogP contribution in [-0.4, -0.2) is 34.6 Å². The molecule has 9 heteroatoms. The highest BCUT2D eigenvalue weighted by Crippen LogP contribution is 2.44. The zero-order valence-electron chi connectivity index (χ0n) is 20.4. The highest BCUT2D eigenvalue weighted by molar-refractivity contribution is 7.92. The molecule has 0 radical (unpaired) electrons. The van der Waals surface area contributed by atoms with E-state index in [0.29, 0.717) is 23.8 Å². The van der Waals surface area contributed by atoms with Crippen LogP contribution in [0.1, 0.15) is 39.6 Å². The maximum atomic E-state index is 12.9. The van der Waals surface area contributed by atoms with Gasteiger partial charge in [0.05, 0.1) is 23.8 Å². The third-order valence-corrected chi connectivity index (χ3v) is 8.27. The number of carbonyl (C=O) groups excluding carboxylic acids is 1. The van der Waals surface area contributed by atoms with E-state index < -0.39 is 10.0 Å². The van der Waals surface area contributed by atoms with Gasteiger partial charge in [0.15, 0.2) is 0 Å². The Morgan fingerprint density at radius 3 is 2.53 bits per heavy atom. The lowest BCUT2D eigenvalue weighted by atomic mass is 9.90. The van der Waals surface area contributed by atoms with Gasteiger partial charge in [0.25, 0.3) is 10.0 Å². The monoisotopic (exact) mass is 528 g/mol. The number of fused-ring (bicyclic) bond motifs is 3. The van der Waals surface area contributed by atoms with Gasteiger partial charge in [-0.05, 0) is 67.8 Å². The van der Waals surface area contributed by atoms with Crippen molar-refractivity contribution in [1.29, 1.82) is 0 Å². The number of ether oxygens (including phenoxy) is 2. The quantitative estimate of drug-likeness (QED) is 0.420. The van der Waals surface area contributed by atoms with Gasteiger partial charge in [0.2, 0.25) is 0 Å². The molecule has 2 N–H and O–H groups in total. The number of aryl methyl sites for hydroxylation is 2. The highest BCUT2D eigenvalue weighted by atomic mass is 35.5. The number of rotatable bonds is 4. The van der Waals surface area contributed by atoms with Crippen LogP contribution in [0.15, 0.2) is 65.6 Å². The number of esters is 1. The lowest BCUT2D eigenvalue weighted by Gasteiger charge is -2.29. The van der Waals surface area contributed by atoms with Crippen LogP contribution in [0.5, 0.6) is 0 Å². The maximum absolute atomic E-state index is 12.9. The molecule has 5 rings (SSSR count). The Morgan fingerprint density at radius 1 is 1.08 bits per heavy atom. The fourth-order valence-corrected chi connectivity index (χ4v) is 5.91. The molecule has 0 bridgehead atoms. The zero-order valence-corrected chi connectivity index (χ0v) is 21.9. The molecule has 0 aromatic heterocycles. The van der Waals surface area contributed by atoms with Gasteiger partial charge in [0.1, 0.15) is 4.90 Å². The summed E-state index contributed by atoms with van der Waals surface area (Å²) in [6.45, 7) is 5.45. The minimum absolute atomic E-state index is 0.0703. The molecule has 7 nitrogen and oxygen atoms in total. The van der Waals surface area contributed by atoms with Crippen molar-refractivity contribution in [3.8, 4) is 0 Å². The van der Waals surface area contributed by atoms with Gasteiger partial charge in [-0.2, -0.15) is 0 Å². The van der Waals surface area contributed by atoms with Crippen molar-refractivity contribution < 1.29 is 22.7 Å². The van der Waals surface area contributed by atoms with Gasteiger partial charge < -0.3 is 14.8 Å². The molecule has 1 saturated heterocycles.